The number of thioether (sulfide) groups is 1. The Morgan fingerprint density at radius 2 is 2.13 bits per heavy atom. The fourth-order valence-electron chi connectivity index (χ4n) is 3.08. The van der Waals surface area contributed by atoms with E-state index in [1.807, 2.05) is 42.7 Å². The molecule has 3 heterocycles. The summed E-state index contributed by atoms with van der Waals surface area (Å²) in [6.07, 6.45) is 6.41. The van der Waals surface area contributed by atoms with Crippen molar-refractivity contribution in [2.75, 3.05) is 11.1 Å². The first-order chi connectivity index (χ1) is 15.0. The Labute approximate surface area is 188 Å². The van der Waals surface area contributed by atoms with Gasteiger partial charge in [-0.05, 0) is 43.2 Å². The van der Waals surface area contributed by atoms with Crippen LogP contribution >= 0.6 is 23.4 Å². The molecule has 1 aromatic carbocycles. The van der Waals surface area contributed by atoms with Gasteiger partial charge in [-0.15, -0.1) is 10.2 Å². The second-order valence-electron chi connectivity index (χ2n) is 6.84. The molecule has 0 spiro atoms. The molecule has 31 heavy (non-hydrogen) atoms. The van der Waals surface area contributed by atoms with Gasteiger partial charge in [0.1, 0.15) is 11.5 Å². The summed E-state index contributed by atoms with van der Waals surface area (Å²) in [5, 5.41) is 12.5. The number of halogens is 1. The van der Waals surface area contributed by atoms with Crippen LogP contribution in [0, 0.1) is 13.8 Å². The van der Waals surface area contributed by atoms with Gasteiger partial charge in [0, 0.05) is 12.4 Å². The predicted molar refractivity (Wildman–Crippen MR) is 119 cm³/mol. The topological polar surface area (TPSA) is 98.7 Å². The Balaban J connectivity index is 1.53. The maximum atomic E-state index is 12.6. The number of furan rings is 1. The monoisotopic (exact) mass is 454 g/mol. The van der Waals surface area contributed by atoms with Gasteiger partial charge >= 0.3 is 0 Å². The van der Waals surface area contributed by atoms with Crippen molar-refractivity contribution in [2.24, 2.45) is 0 Å². The fraction of sp³-hybridized carbons (Fsp3) is 0.190. The van der Waals surface area contributed by atoms with Gasteiger partial charge in [-0.1, -0.05) is 29.4 Å². The minimum absolute atomic E-state index is 0.139. The molecule has 0 atom stereocenters. The number of hydrogen-bond donors (Lipinski definition) is 1. The van der Waals surface area contributed by atoms with E-state index in [0.717, 1.165) is 16.9 Å². The third kappa shape index (κ3) is 4.95. The third-order valence-corrected chi connectivity index (χ3v) is 5.70. The molecular weight excluding hydrogens is 436 g/mol. The number of benzene rings is 1. The normalized spacial score (nSPS) is 10.9. The van der Waals surface area contributed by atoms with Crippen molar-refractivity contribution in [3.63, 3.8) is 0 Å². The van der Waals surface area contributed by atoms with Gasteiger partial charge < -0.3 is 9.73 Å². The molecule has 0 saturated carbocycles. The smallest absolute Gasteiger partial charge is 0.234 e. The van der Waals surface area contributed by atoms with E-state index in [1.165, 1.54) is 11.8 Å². The quantitative estimate of drug-likeness (QED) is 0.414. The number of aromatic nitrogens is 5. The number of nitrogens with one attached hydrogen (secondary N) is 1. The number of anilines is 1. The number of carbonyl (C=O) groups is 1. The van der Waals surface area contributed by atoms with E-state index >= 15 is 0 Å². The zero-order valence-electron chi connectivity index (χ0n) is 16.9. The number of aryl methyl sites for hydroxylation is 2. The molecule has 0 unspecified atom stereocenters. The van der Waals surface area contributed by atoms with Crippen LogP contribution in [0.1, 0.15) is 16.9 Å². The van der Waals surface area contributed by atoms with Crippen molar-refractivity contribution in [1.82, 2.24) is 24.7 Å². The molecule has 4 rings (SSSR count). The van der Waals surface area contributed by atoms with Crippen LogP contribution in [0.4, 0.5) is 5.69 Å². The molecule has 158 valence electrons. The second kappa shape index (κ2) is 9.32. The summed E-state index contributed by atoms with van der Waals surface area (Å²) >= 11 is 7.57. The highest BCUT2D eigenvalue weighted by Gasteiger charge is 2.18. The lowest BCUT2D eigenvalue weighted by Gasteiger charge is -2.12. The highest BCUT2D eigenvalue weighted by molar-refractivity contribution is 7.99. The van der Waals surface area contributed by atoms with Crippen LogP contribution in [-0.2, 0) is 11.3 Å². The van der Waals surface area contributed by atoms with E-state index in [-0.39, 0.29) is 11.7 Å². The van der Waals surface area contributed by atoms with Gasteiger partial charge in [-0.2, -0.15) is 0 Å². The Morgan fingerprint density at radius 3 is 2.84 bits per heavy atom. The van der Waals surface area contributed by atoms with Crippen molar-refractivity contribution in [1.29, 1.82) is 0 Å². The zero-order chi connectivity index (χ0) is 21.8. The lowest BCUT2D eigenvalue weighted by molar-refractivity contribution is -0.113. The first-order valence-corrected chi connectivity index (χ1v) is 10.8. The maximum absolute atomic E-state index is 12.6. The highest BCUT2D eigenvalue weighted by Crippen LogP contribution is 2.28. The Morgan fingerprint density at radius 1 is 1.26 bits per heavy atom. The van der Waals surface area contributed by atoms with Crippen molar-refractivity contribution in [3.8, 4) is 11.5 Å². The van der Waals surface area contributed by atoms with E-state index in [4.69, 9.17) is 16.0 Å². The summed E-state index contributed by atoms with van der Waals surface area (Å²) in [6.45, 7) is 4.27. The summed E-state index contributed by atoms with van der Waals surface area (Å²) in [6, 6.07) is 7.48. The van der Waals surface area contributed by atoms with Gasteiger partial charge in [0.15, 0.2) is 11.0 Å². The predicted octanol–water partition coefficient (Wildman–Crippen LogP) is 4.38. The van der Waals surface area contributed by atoms with Crippen LogP contribution in [0.2, 0.25) is 5.02 Å². The molecule has 0 bridgehead atoms. The Kier molecular flexibility index (Phi) is 6.34. The molecular formula is C21H19ClN6O2S. The molecule has 8 nitrogen and oxygen atoms in total. The summed E-state index contributed by atoms with van der Waals surface area (Å²) in [5.74, 6) is 1.23. The molecule has 10 heteroatoms. The number of amides is 1. The molecule has 0 aliphatic rings. The van der Waals surface area contributed by atoms with Crippen LogP contribution < -0.4 is 5.32 Å². The maximum Gasteiger partial charge on any atom is 0.234 e. The highest BCUT2D eigenvalue weighted by atomic mass is 35.5. The van der Waals surface area contributed by atoms with Crippen molar-refractivity contribution in [2.45, 2.75) is 25.5 Å². The van der Waals surface area contributed by atoms with Gasteiger partial charge in [0.2, 0.25) is 5.91 Å². The van der Waals surface area contributed by atoms with Crippen LogP contribution in [0.5, 0.6) is 0 Å². The van der Waals surface area contributed by atoms with E-state index in [2.05, 4.69) is 25.5 Å². The number of hydrogen-bond acceptors (Lipinski definition) is 7. The van der Waals surface area contributed by atoms with Crippen molar-refractivity contribution < 1.29 is 9.21 Å². The van der Waals surface area contributed by atoms with E-state index in [0.29, 0.717) is 33.9 Å². The van der Waals surface area contributed by atoms with Crippen molar-refractivity contribution in [3.05, 3.63) is 71.0 Å². The van der Waals surface area contributed by atoms with Gasteiger partial charge in [-0.25, -0.2) is 4.98 Å². The minimum atomic E-state index is -0.188. The third-order valence-electron chi connectivity index (χ3n) is 4.43. The Bertz CT molecular complexity index is 1170. The van der Waals surface area contributed by atoms with E-state index < -0.39 is 0 Å². The van der Waals surface area contributed by atoms with Crippen LogP contribution in [0.15, 0.2) is 58.7 Å². The molecule has 1 amide bonds. The molecule has 0 aliphatic carbocycles. The summed E-state index contributed by atoms with van der Waals surface area (Å²) < 4.78 is 7.33. The second-order valence-corrected chi connectivity index (χ2v) is 8.19. The standard InChI is InChI=1S/C21H19ClN6O2S/c1-13-8-14(2)19(16(22)9-13)25-18(29)12-31-21-27-26-20(17-10-23-5-6-24-17)28(21)11-15-4-3-7-30-15/h3-10H,11-12H2,1-2H3,(H,25,29). The van der Waals surface area contributed by atoms with E-state index in [1.54, 1.807) is 24.9 Å². The zero-order valence-corrected chi connectivity index (χ0v) is 18.4. The van der Waals surface area contributed by atoms with Crippen LogP contribution in [0.3, 0.4) is 0 Å². The van der Waals surface area contributed by atoms with Crippen molar-refractivity contribution >= 4 is 35.0 Å². The van der Waals surface area contributed by atoms with Gasteiger partial charge in [-0.3, -0.25) is 14.3 Å². The first-order valence-electron chi connectivity index (χ1n) is 9.42. The molecule has 1 N–H and O–H groups in total. The van der Waals surface area contributed by atoms with E-state index in [9.17, 15) is 4.79 Å². The Hall–Kier alpha value is -3.17. The summed E-state index contributed by atoms with van der Waals surface area (Å²) in [7, 11) is 0. The SMILES string of the molecule is Cc1cc(C)c(NC(=O)CSc2nnc(-c3cnccn3)n2Cc2ccco2)c(Cl)c1. The molecule has 0 aliphatic heterocycles. The van der Waals surface area contributed by atoms with Gasteiger partial charge in [0.25, 0.3) is 0 Å². The number of carbonyl (C=O) groups excluding carboxylic acids is 1. The van der Waals surface area contributed by atoms with Crippen LogP contribution in [-0.4, -0.2) is 36.4 Å². The summed E-state index contributed by atoms with van der Waals surface area (Å²) in [5.41, 5.74) is 3.15. The molecule has 0 radical (unpaired) electrons. The summed E-state index contributed by atoms with van der Waals surface area (Å²) in [4.78, 5) is 21.0. The first kappa shape index (κ1) is 21.1. The van der Waals surface area contributed by atoms with Gasteiger partial charge in [0.05, 0.1) is 35.5 Å². The minimum Gasteiger partial charge on any atom is -0.467 e. The lowest BCUT2D eigenvalue weighted by atomic mass is 10.1. The number of nitrogens with zero attached hydrogens (tertiary/aromatic N) is 5. The lowest BCUT2D eigenvalue weighted by Crippen LogP contribution is -2.16. The fourth-order valence-corrected chi connectivity index (χ4v) is 4.19. The molecule has 0 saturated heterocycles. The average molecular weight is 455 g/mol. The number of rotatable bonds is 7. The molecule has 0 fully saturated rings. The largest absolute Gasteiger partial charge is 0.467 e. The van der Waals surface area contributed by atoms with Crippen LogP contribution in [0.25, 0.3) is 11.5 Å². The molecule has 3 aromatic heterocycles. The molecule has 4 aromatic rings. The average Bonchev–Trinajstić information content (AvgIpc) is 3.40.